The van der Waals surface area contributed by atoms with Crippen LogP contribution in [0.1, 0.15) is 23.8 Å². The Morgan fingerprint density at radius 3 is 2.65 bits per heavy atom. The highest BCUT2D eigenvalue weighted by Crippen LogP contribution is 2.06. The van der Waals surface area contributed by atoms with Crippen LogP contribution in [0.4, 0.5) is 0 Å². The van der Waals surface area contributed by atoms with Crippen LogP contribution in [0, 0.1) is 0 Å². The topological polar surface area (TPSA) is 103 Å². The van der Waals surface area contributed by atoms with Crippen LogP contribution in [0.5, 0.6) is 0 Å². The summed E-state index contributed by atoms with van der Waals surface area (Å²) in [5.41, 5.74) is -0.415. The van der Waals surface area contributed by atoms with Gasteiger partial charge in [0.1, 0.15) is 11.7 Å². The highest BCUT2D eigenvalue weighted by Gasteiger charge is 2.26. The number of carbonyl (C=O) groups excluding carboxylic acids is 1. The SMILES string of the molecule is CCC(C(=O)O)N(C)C(=O)c1c[nH]c(=O)cn1. The number of rotatable bonds is 4. The van der Waals surface area contributed by atoms with Crippen molar-refractivity contribution in [2.45, 2.75) is 19.4 Å². The minimum Gasteiger partial charge on any atom is -0.480 e. The lowest BCUT2D eigenvalue weighted by atomic mass is 10.2. The first kappa shape index (κ1) is 12.9. The number of amides is 1. The largest absolute Gasteiger partial charge is 0.480 e. The van der Waals surface area contributed by atoms with Crippen molar-refractivity contribution < 1.29 is 14.7 Å². The molecular formula is C10H13N3O4. The fourth-order valence-corrected chi connectivity index (χ4v) is 1.40. The van der Waals surface area contributed by atoms with Gasteiger partial charge in [-0.1, -0.05) is 6.92 Å². The first-order valence-electron chi connectivity index (χ1n) is 5.02. The van der Waals surface area contributed by atoms with Gasteiger partial charge in [0.25, 0.3) is 11.5 Å². The molecule has 2 N–H and O–H groups in total. The number of hydrogen-bond donors (Lipinski definition) is 2. The summed E-state index contributed by atoms with van der Waals surface area (Å²) < 4.78 is 0. The van der Waals surface area contributed by atoms with Crippen molar-refractivity contribution in [2.24, 2.45) is 0 Å². The van der Waals surface area contributed by atoms with Crippen LogP contribution in [0.2, 0.25) is 0 Å². The Morgan fingerprint density at radius 1 is 1.59 bits per heavy atom. The Morgan fingerprint density at radius 2 is 2.24 bits per heavy atom. The standard InChI is InChI=1S/C10H13N3O4/c1-3-7(10(16)17)13(2)9(15)6-4-12-8(14)5-11-6/h4-5,7H,3H2,1-2H3,(H,12,14)(H,16,17). The Labute approximate surface area is 97.1 Å². The number of aromatic nitrogens is 2. The zero-order valence-electron chi connectivity index (χ0n) is 9.51. The van der Waals surface area contributed by atoms with Crippen LogP contribution < -0.4 is 5.56 Å². The van der Waals surface area contributed by atoms with Crippen molar-refractivity contribution >= 4 is 11.9 Å². The average Bonchev–Trinajstić information content (AvgIpc) is 2.29. The van der Waals surface area contributed by atoms with Crippen molar-refractivity contribution in [2.75, 3.05) is 7.05 Å². The van der Waals surface area contributed by atoms with E-state index in [0.29, 0.717) is 6.42 Å². The molecule has 17 heavy (non-hydrogen) atoms. The summed E-state index contributed by atoms with van der Waals surface area (Å²) in [5.74, 6) is -1.62. The molecule has 0 aliphatic carbocycles. The molecule has 92 valence electrons. The molecule has 0 aliphatic heterocycles. The Kier molecular flexibility index (Phi) is 3.97. The smallest absolute Gasteiger partial charge is 0.326 e. The third-order valence-corrected chi connectivity index (χ3v) is 2.35. The maximum atomic E-state index is 11.8. The van der Waals surface area contributed by atoms with Crippen LogP contribution in [-0.4, -0.2) is 44.9 Å². The molecule has 1 amide bonds. The number of hydrogen-bond acceptors (Lipinski definition) is 4. The van der Waals surface area contributed by atoms with Gasteiger partial charge >= 0.3 is 5.97 Å². The fraction of sp³-hybridized carbons (Fsp3) is 0.400. The monoisotopic (exact) mass is 239 g/mol. The number of carboxylic acid groups (broad SMARTS) is 1. The lowest BCUT2D eigenvalue weighted by Crippen LogP contribution is -2.42. The van der Waals surface area contributed by atoms with E-state index in [-0.39, 0.29) is 5.69 Å². The number of nitrogens with one attached hydrogen (secondary N) is 1. The minimum absolute atomic E-state index is 0.00630. The Hall–Kier alpha value is -2.18. The van der Waals surface area contributed by atoms with E-state index < -0.39 is 23.5 Å². The maximum Gasteiger partial charge on any atom is 0.326 e. The lowest BCUT2D eigenvalue weighted by Gasteiger charge is -2.23. The summed E-state index contributed by atoms with van der Waals surface area (Å²) in [5, 5.41) is 8.91. The molecule has 0 aromatic carbocycles. The van der Waals surface area contributed by atoms with E-state index in [0.717, 1.165) is 17.3 Å². The van der Waals surface area contributed by atoms with Crippen molar-refractivity contribution in [1.29, 1.82) is 0 Å². The van der Waals surface area contributed by atoms with Gasteiger partial charge in [-0.05, 0) is 6.42 Å². The van der Waals surface area contributed by atoms with Crippen molar-refractivity contribution in [3.8, 4) is 0 Å². The molecule has 1 rings (SSSR count). The molecule has 0 bridgehead atoms. The van der Waals surface area contributed by atoms with Crippen LogP contribution in [0.3, 0.4) is 0 Å². The van der Waals surface area contributed by atoms with Gasteiger partial charge < -0.3 is 15.0 Å². The van der Waals surface area contributed by atoms with Crippen molar-refractivity contribution in [3.05, 3.63) is 28.4 Å². The summed E-state index contributed by atoms with van der Waals surface area (Å²) in [7, 11) is 1.39. The summed E-state index contributed by atoms with van der Waals surface area (Å²) >= 11 is 0. The van der Waals surface area contributed by atoms with Crippen molar-refractivity contribution in [3.63, 3.8) is 0 Å². The van der Waals surface area contributed by atoms with Crippen LogP contribution >= 0.6 is 0 Å². The molecule has 1 unspecified atom stereocenters. The molecule has 0 saturated carbocycles. The van der Waals surface area contributed by atoms with Crippen LogP contribution in [0.15, 0.2) is 17.2 Å². The summed E-state index contributed by atoms with van der Waals surface area (Å²) in [6.45, 7) is 1.67. The third kappa shape index (κ3) is 2.90. The number of nitrogens with zero attached hydrogens (tertiary/aromatic N) is 2. The Balaban J connectivity index is 2.92. The molecule has 0 radical (unpaired) electrons. The quantitative estimate of drug-likeness (QED) is 0.751. The van der Waals surface area contributed by atoms with Gasteiger partial charge in [-0.2, -0.15) is 0 Å². The molecule has 1 aromatic rings. The fourth-order valence-electron chi connectivity index (χ4n) is 1.40. The number of H-pyrrole nitrogens is 1. The molecule has 0 fully saturated rings. The molecule has 0 spiro atoms. The van der Waals surface area contributed by atoms with Gasteiger partial charge in [-0.15, -0.1) is 0 Å². The van der Waals surface area contributed by atoms with E-state index in [1.54, 1.807) is 6.92 Å². The van der Waals surface area contributed by atoms with Crippen LogP contribution in [-0.2, 0) is 4.79 Å². The summed E-state index contributed by atoms with van der Waals surface area (Å²) in [4.78, 5) is 40.5. The zero-order chi connectivity index (χ0) is 13.0. The summed E-state index contributed by atoms with van der Waals surface area (Å²) in [6.07, 6.45) is 2.43. The van der Waals surface area contributed by atoms with E-state index in [9.17, 15) is 14.4 Å². The van der Waals surface area contributed by atoms with Gasteiger partial charge in [0.05, 0.1) is 6.20 Å². The van der Waals surface area contributed by atoms with Gasteiger partial charge in [0.15, 0.2) is 0 Å². The maximum absolute atomic E-state index is 11.8. The van der Waals surface area contributed by atoms with E-state index in [1.165, 1.54) is 7.05 Å². The minimum atomic E-state index is -1.08. The molecule has 1 heterocycles. The van der Waals surface area contributed by atoms with E-state index in [4.69, 9.17) is 5.11 Å². The molecule has 0 saturated heterocycles. The van der Waals surface area contributed by atoms with E-state index >= 15 is 0 Å². The average molecular weight is 239 g/mol. The summed E-state index contributed by atoms with van der Waals surface area (Å²) in [6, 6.07) is -0.906. The lowest BCUT2D eigenvalue weighted by molar-refractivity contribution is -0.142. The van der Waals surface area contributed by atoms with Gasteiger partial charge in [0, 0.05) is 13.2 Å². The van der Waals surface area contributed by atoms with Gasteiger partial charge in [-0.3, -0.25) is 9.59 Å². The molecule has 0 aliphatic rings. The first-order valence-corrected chi connectivity index (χ1v) is 5.02. The second-order valence-corrected chi connectivity index (χ2v) is 3.47. The number of carboxylic acids is 1. The zero-order valence-corrected chi connectivity index (χ0v) is 9.51. The van der Waals surface area contributed by atoms with Gasteiger partial charge in [0.2, 0.25) is 0 Å². The predicted molar refractivity (Wildman–Crippen MR) is 58.7 cm³/mol. The number of aromatic amines is 1. The second-order valence-electron chi connectivity index (χ2n) is 3.47. The number of carbonyl (C=O) groups is 2. The normalized spacial score (nSPS) is 11.9. The highest BCUT2D eigenvalue weighted by molar-refractivity contribution is 5.94. The van der Waals surface area contributed by atoms with Crippen LogP contribution in [0.25, 0.3) is 0 Å². The number of likely N-dealkylation sites (N-methyl/N-ethyl adjacent to an activating group) is 1. The Bertz CT molecular complexity index is 462. The van der Waals surface area contributed by atoms with Gasteiger partial charge in [-0.25, -0.2) is 9.78 Å². The molecule has 7 nitrogen and oxygen atoms in total. The highest BCUT2D eigenvalue weighted by atomic mass is 16.4. The molecule has 1 aromatic heterocycles. The van der Waals surface area contributed by atoms with E-state index in [2.05, 4.69) is 9.97 Å². The van der Waals surface area contributed by atoms with Crippen molar-refractivity contribution in [1.82, 2.24) is 14.9 Å². The second kappa shape index (κ2) is 5.24. The third-order valence-electron chi connectivity index (χ3n) is 2.35. The predicted octanol–water partition coefficient (Wildman–Crippen LogP) is -0.295. The van der Waals surface area contributed by atoms with E-state index in [1.807, 2.05) is 0 Å². The first-order chi connectivity index (χ1) is 7.97. The molecule has 1 atom stereocenters. The molecular weight excluding hydrogens is 226 g/mol. The number of aliphatic carboxylic acids is 1. The molecule has 7 heteroatoms.